The Kier molecular flexibility index (Phi) is 3.61. The summed E-state index contributed by atoms with van der Waals surface area (Å²) in [6.07, 6.45) is 1.41. The normalized spacial score (nSPS) is 16.6. The molecule has 2 aromatic rings. The molecule has 1 aromatic carbocycles. The maximum absolute atomic E-state index is 12.0. The number of hydrogen-bond donors (Lipinski definition) is 1. The Bertz CT molecular complexity index is 683. The zero-order valence-corrected chi connectivity index (χ0v) is 12.0. The van der Waals surface area contributed by atoms with Gasteiger partial charge in [0.15, 0.2) is 5.16 Å². The molecule has 0 bridgehead atoms. The van der Waals surface area contributed by atoms with E-state index >= 15 is 0 Å². The smallest absolute Gasteiger partial charge is 0.263 e. The van der Waals surface area contributed by atoms with Gasteiger partial charge in [-0.25, -0.2) is 4.98 Å². The van der Waals surface area contributed by atoms with Crippen molar-refractivity contribution < 1.29 is 14.3 Å². The van der Waals surface area contributed by atoms with Crippen LogP contribution in [0.2, 0.25) is 0 Å². The lowest BCUT2D eigenvalue weighted by atomic mass is 10.2. The van der Waals surface area contributed by atoms with Crippen molar-refractivity contribution in [1.82, 2.24) is 14.8 Å². The van der Waals surface area contributed by atoms with Gasteiger partial charge in [0.2, 0.25) is 5.91 Å². The van der Waals surface area contributed by atoms with Gasteiger partial charge in [0.1, 0.15) is 17.3 Å². The molecule has 21 heavy (non-hydrogen) atoms. The van der Waals surface area contributed by atoms with Gasteiger partial charge in [-0.1, -0.05) is 11.8 Å². The number of amides is 1. The van der Waals surface area contributed by atoms with Crippen molar-refractivity contribution in [3.63, 3.8) is 0 Å². The van der Waals surface area contributed by atoms with Gasteiger partial charge < -0.3 is 10.1 Å². The van der Waals surface area contributed by atoms with E-state index in [4.69, 9.17) is 4.74 Å². The second kappa shape index (κ2) is 5.57. The molecule has 0 fully saturated rings. The largest absolute Gasteiger partial charge is 0.497 e. The summed E-state index contributed by atoms with van der Waals surface area (Å²) in [5.74, 6) is 0.278. The lowest BCUT2D eigenvalue weighted by Crippen LogP contribution is -2.24. The zero-order valence-electron chi connectivity index (χ0n) is 11.1. The van der Waals surface area contributed by atoms with E-state index in [0.717, 1.165) is 0 Å². The Labute approximate surface area is 124 Å². The van der Waals surface area contributed by atoms with Crippen LogP contribution in [0.15, 0.2) is 35.7 Å². The van der Waals surface area contributed by atoms with E-state index < -0.39 is 5.25 Å². The van der Waals surface area contributed by atoms with Crippen LogP contribution < -0.4 is 10.1 Å². The van der Waals surface area contributed by atoms with E-state index in [-0.39, 0.29) is 18.2 Å². The molecule has 1 aliphatic rings. The number of nitrogens with one attached hydrogen (secondary N) is 1. The molecule has 0 saturated heterocycles. The Morgan fingerprint density at radius 2 is 2.19 bits per heavy atom. The zero-order chi connectivity index (χ0) is 14.8. The SMILES string of the molecule is COc1ccc(NC(=O)C[C@@H]2Sc3ncnn3C2=O)cc1. The van der Waals surface area contributed by atoms with E-state index in [0.29, 0.717) is 16.6 Å². The van der Waals surface area contributed by atoms with Crippen LogP contribution >= 0.6 is 11.8 Å². The summed E-state index contributed by atoms with van der Waals surface area (Å²) < 4.78 is 6.28. The number of benzene rings is 1. The van der Waals surface area contributed by atoms with Crippen molar-refractivity contribution in [1.29, 1.82) is 0 Å². The number of rotatable bonds is 4. The molecule has 7 nitrogen and oxygen atoms in total. The first-order chi connectivity index (χ1) is 10.2. The Hall–Kier alpha value is -2.35. The first-order valence-corrected chi connectivity index (χ1v) is 7.10. The third-order valence-electron chi connectivity index (χ3n) is 2.99. The molecule has 0 aliphatic carbocycles. The van der Waals surface area contributed by atoms with Crippen LogP contribution in [0, 0.1) is 0 Å². The summed E-state index contributed by atoms with van der Waals surface area (Å²) in [5, 5.41) is 6.63. The average molecular weight is 304 g/mol. The molecule has 2 heterocycles. The third kappa shape index (κ3) is 2.75. The van der Waals surface area contributed by atoms with E-state index in [1.165, 1.54) is 22.8 Å². The van der Waals surface area contributed by atoms with Gasteiger partial charge in [-0.15, -0.1) is 0 Å². The summed E-state index contributed by atoms with van der Waals surface area (Å²) in [6.45, 7) is 0. The number of thioether (sulfide) groups is 1. The highest BCUT2D eigenvalue weighted by Crippen LogP contribution is 2.31. The molecule has 1 amide bonds. The third-order valence-corrected chi connectivity index (χ3v) is 4.13. The molecule has 1 N–H and O–H groups in total. The number of anilines is 1. The fourth-order valence-corrected chi connectivity index (χ4v) is 3.00. The highest BCUT2D eigenvalue weighted by Gasteiger charge is 2.34. The topological polar surface area (TPSA) is 86.1 Å². The molecule has 0 unspecified atom stereocenters. The summed E-state index contributed by atoms with van der Waals surface area (Å²) in [4.78, 5) is 27.9. The van der Waals surface area contributed by atoms with Gasteiger partial charge in [-0.3, -0.25) is 9.59 Å². The van der Waals surface area contributed by atoms with Gasteiger partial charge in [-0.05, 0) is 24.3 Å². The number of carbonyl (C=O) groups is 2. The second-order valence-corrected chi connectivity index (χ2v) is 5.55. The van der Waals surface area contributed by atoms with Gasteiger partial charge in [0.25, 0.3) is 5.91 Å². The molecule has 108 valence electrons. The molecule has 8 heteroatoms. The number of fused-ring (bicyclic) bond motifs is 1. The van der Waals surface area contributed by atoms with Crippen LogP contribution in [0.1, 0.15) is 11.2 Å². The molecule has 0 radical (unpaired) electrons. The number of hydrogen-bond acceptors (Lipinski definition) is 6. The number of aromatic nitrogens is 3. The van der Waals surface area contributed by atoms with Gasteiger partial charge >= 0.3 is 0 Å². The molecule has 0 saturated carbocycles. The summed E-state index contributed by atoms with van der Waals surface area (Å²) in [5.41, 5.74) is 0.659. The van der Waals surface area contributed by atoms with Crippen LogP contribution in [0.25, 0.3) is 0 Å². The van der Waals surface area contributed by atoms with Crippen LogP contribution in [-0.2, 0) is 4.79 Å². The Balaban J connectivity index is 1.59. The van der Waals surface area contributed by atoms with E-state index in [1.54, 1.807) is 31.4 Å². The average Bonchev–Trinajstić information content (AvgIpc) is 3.04. The lowest BCUT2D eigenvalue weighted by molar-refractivity contribution is -0.116. The van der Waals surface area contributed by atoms with Gasteiger partial charge in [0, 0.05) is 12.1 Å². The molecule has 1 aliphatic heterocycles. The molecule has 1 atom stereocenters. The monoisotopic (exact) mass is 304 g/mol. The summed E-state index contributed by atoms with van der Waals surface area (Å²) in [6, 6.07) is 7.00. The predicted molar refractivity (Wildman–Crippen MR) is 76.5 cm³/mol. The molecular formula is C13H12N4O3S. The van der Waals surface area contributed by atoms with Crippen molar-refractivity contribution in [3.8, 4) is 5.75 Å². The van der Waals surface area contributed by atoms with Crippen LogP contribution in [0.4, 0.5) is 5.69 Å². The summed E-state index contributed by atoms with van der Waals surface area (Å²) in [7, 11) is 1.58. The minimum atomic E-state index is -0.473. The van der Waals surface area contributed by atoms with Gasteiger partial charge in [0.05, 0.1) is 7.11 Å². The van der Waals surface area contributed by atoms with Crippen molar-refractivity contribution >= 4 is 29.3 Å². The number of ether oxygens (including phenoxy) is 1. The Morgan fingerprint density at radius 3 is 2.86 bits per heavy atom. The first-order valence-electron chi connectivity index (χ1n) is 6.22. The van der Waals surface area contributed by atoms with Crippen molar-refractivity contribution in [2.24, 2.45) is 0 Å². The molecular weight excluding hydrogens is 292 g/mol. The Morgan fingerprint density at radius 1 is 1.43 bits per heavy atom. The van der Waals surface area contributed by atoms with Crippen molar-refractivity contribution in [2.75, 3.05) is 12.4 Å². The van der Waals surface area contributed by atoms with Gasteiger partial charge in [-0.2, -0.15) is 9.78 Å². The van der Waals surface area contributed by atoms with E-state index in [9.17, 15) is 9.59 Å². The lowest BCUT2D eigenvalue weighted by Gasteiger charge is -2.08. The van der Waals surface area contributed by atoms with E-state index in [1.807, 2.05) is 0 Å². The number of carbonyl (C=O) groups excluding carboxylic acids is 2. The minimum absolute atomic E-state index is 0.0839. The number of nitrogens with zero attached hydrogens (tertiary/aromatic N) is 3. The minimum Gasteiger partial charge on any atom is -0.497 e. The van der Waals surface area contributed by atoms with Crippen LogP contribution in [-0.4, -0.2) is 38.9 Å². The predicted octanol–water partition coefficient (Wildman–Crippen LogP) is 1.43. The highest BCUT2D eigenvalue weighted by atomic mass is 32.2. The van der Waals surface area contributed by atoms with Crippen LogP contribution in [0.3, 0.4) is 0 Å². The molecule has 3 rings (SSSR count). The maximum Gasteiger partial charge on any atom is 0.263 e. The second-order valence-electron chi connectivity index (χ2n) is 4.38. The van der Waals surface area contributed by atoms with Crippen molar-refractivity contribution in [2.45, 2.75) is 16.8 Å². The highest BCUT2D eigenvalue weighted by molar-refractivity contribution is 8.00. The summed E-state index contributed by atoms with van der Waals surface area (Å²) >= 11 is 1.25. The fraction of sp³-hybridized carbons (Fsp3) is 0.231. The van der Waals surface area contributed by atoms with E-state index in [2.05, 4.69) is 15.4 Å². The van der Waals surface area contributed by atoms with Crippen LogP contribution in [0.5, 0.6) is 5.75 Å². The standard InChI is InChI=1S/C13H12N4O3S/c1-20-9-4-2-8(3-5-9)16-11(18)6-10-12(19)17-13(21-10)14-7-15-17/h2-5,7,10H,6H2,1H3,(H,16,18)/t10-/m0/s1. The molecule has 1 aromatic heterocycles. The number of methoxy groups -OCH3 is 1. The fourth-order valence-electron chi connectivity index (χ4n) is 1.96. The molecule has 0 spiro atoms. The van der Waals surface area contributed by atoms with Crippen molar-refractivity contribution in [3.05, 3.63) is 30.6 Å². The quantitative estimate of drug-likeness (QED) is 0.919. The maximum atomic E-state index is 12.0. The first kappa shape index (κ1) is 13.6.